The highest BCUT2D eigenvalue weighted by Gasteiger charge is 2.18. The lowest BCUT2D eigenvalue weighted by molar-refractivity contribution is -0.144. The van der Waals surface area contributed by atoms with Crippen molar-refractivity contribution in [2.45, 2.75) is 26.2 Å². The zero-order chi connectivity index (χ0) is 16.4. The first-order valence-electron chi connectivity index (χ1n) is 7.09. The average molecular weight is 304 g/mol. The molecular formula is C17H20O5. The topological polar surface area (TPSA) is 80.7 Å². The van der Waals surface area contributed by atoms with Gasteiger partial charge in [-0.25, -0.2) is 0 Å². The van der Waals surface area contributed by atoms with Crippen LogP contribution in [0.2, 0.25) is 0 Å². The molecule has 1 atom stereocenters. The minimum Gasteiger partial charge on any atom is -0.508 e. The summed E-state index contributed by atoms with van der Waals surface area (Å²) in [6, 6.07) is 6.64. The molecule has 0 aliphatic carbocycles. The maximum atomic E-state index is 11.8. The van der Waals surface area contributed by atoms with Gasteiger partial charge < -0.3 is 14.6 Å². The highest BCUT2D eigenvalue weighted by molar-refractivity contribution is 5.78. The van der Waals surface area contributed by atoms with E-state index < -0.39 is 11.9 Å². The summed E-state index contributed by atoms with van der Waals surface area (Å²) in [5, 5.41) is 9.17. The molecule has 0 bridgehead atoms. The molecule has 1 N–H and O–H groups in total. The Hall–Kier alpha value is -2.43. The van der Waals surface area contributed by atoms with Gasteiger partial charge in [0.05, 0.1) is 13.0 Å². The van der Waals surface area contributed by atoms with Crippen LogP contribution in [0, 0.1) is 5.92 Å². The van der Waals surface area contributed by atoms with Gasteiger partial charge in [0.1, 0.15) is 18.3 Å². The van der Waals surface area contributed by atoms with Crippen molar-refractivity contribution < 1.29 is 24.2 Å². The number of carbonyl (C=O) groups excluding carboxylic acids is 3. The van der Waals surface area contributed by atoms with E-state index in [1.54, 1.807) is 37.3 Å². The van der Waals surface area contributed by atoms with Crippen LogP contribution in [0.5, 0.6) is 5.75 Å². The van der Waals surface area contributed by atoms with E-state index in [0.717, 1.165) is 5.56 Å². The number of hydrogen-bond acceptors (Lipinski definition) is 5. The number of phenols is 1. The molecule has 1 aromatic carbocycles. The number of phenolic OH excluding ortho intramolecular Hbond substituents is 1. The highest BCUT2D eigenvalue weighted by Crippen LogP contribution is 2.18. The monoisotopic (exact) mass is 304 g/mol. The molecule has 0 unspecified atom stereocenters. The van der Waals surface area contributed by atoms with Crippen molar-refractivity contribution in [3.8, 4) is 5.75 Å². The number of allylic oxidation sites excluding steroid dienone is 2. The Labute approximate surface area is 129 Å². The number of rotatable bonds is 9. The summed E-state index contributed by atoms with van der Waals surface area (Å²) in [7, 11) is 0. The van der Waals surface area contributed by atoms with Gasteiger partial charge in [0.15, 0.2) is 0 Å². The van der Waals surface area contributed by atoms with E-state index in [-0.39, 0.29) is 25.2 Å². The summed E-state index contributed by atoms with van der Waals surface area (Å²) < 4.78 is 5.13. The molecule has 22 heavy (non-hydrogen) atoms. The minimum absolute atomic E-state index is 0.00668. The van der Waals surface area contributed by atoms with Crippen molar-refractivity contribution in [3.63, 3.8) is 0 Å². The maximum Gasteiger partial charge on any atom is 0.306 e. The fraction of sp³-hybridized carbons (Fsp3) is 0.353. The number of aromatic hydroxyl groups is 1. The molecule has 0 heterocycles. The Kier molecular flexibility index (Phi) is 7.61. The molecule has 0 saturated heterocycles. The van der Waals surface area contributed by atoms with Gasteiger partial charge in [-0.1, -0.05) is 18.2 Å². The fourth-order valence-corrected chi connectivity index (χ4v) is 2.06. The van der Waals surface area contributed by atoms with Gasteiger partial charge in [0.25, 0.3) is 0 Å². The van der Waals surface area contributed by atoms with Gasteiger partial charge in [-0.15, -0.1) is 0 Å². The van der Waals surface area contributed by atoms with Crippen LogP contribution in [0.1, 0.15) is 25.3 Å². The van der Waals surface area contributed by atoms with Crippen molar-refractivity contribution >= 4 is 18.5 Å². The Morgan fingerprint density at radius 3 is 2.50 bits per heavy atom. The summed E-state index contributed by atoms with van der Waals surface area (Å²) in [6.45, 7) is 1.90. The largest absolute Gasteiger partial charge is 0.508 e. The number of aldehydes is 2. The number of esters is 1. The van der Waals surface area contributed by atoms with Crippen LogP contribution in [-0.2, 0) is 25.5 Å². The van der Waals surface area contributed by atoms with Crippen molar-refractivity contribution in [1.29, 1.82) is 0 Å². The first-order chi connectivity index (χ1) is 10.6. The third-order valence-corrected chi connectivity index (χ3v) is 3.32. The van der Waals surface area contributed by atoms with Crippen LogP contribution >= 0.6 is 0 Å². The first kappa shape index (κ1) is 17.6. The van der Waals surface area contributed by atoms with E-state index in [4.69, 9.17) is 4.74 Å². The zero-order valence-electron chi connectivity index (χ0n) is 12.5. The van der Waals surface area contributed by atoms with Crippen LogP contribution in [0.25, 0.3) is 0 Å². The SMILES string of the molecule is CC=C(C=O)[C@H](CC=O)CC(=O)OCCc1ccc(O)cc1. The molecule has 118 valence electrons. The number of hydrogen-bond donors (Lipinski definition) is 1. The predicted molar refractivity (Wildman–Crippen MR) is 81.4 cm³/mol. The van der Waals surface area contributed by atoms with E-state index in [1.807, 2.05) is 0 Å². The molecule has 0 saturated carbocycles. The third-order valence-electron chi connectivity index (χ3n) is 3.32. The quantitative estimate of drug-likeness (QED) is 0.430. The molecule has 0 aliphatic heterocycles. The number of carbonyl (C=O) groups is 3. The lowest BCUT2D eigenvalue weighted by Crippen LogP contribution is -2.16. The van der Waals surface area contributed by atoms with E-state index in [1.165, 1.54) is 0 Å². The van der Waals surface area contributed by atoms with Gasteiger partial charge >= 0.3 is 5.97 Å². The van der Waals surface area contributed by atoms with E-state index >= 15 is 0 Å². The van der Waals surface area contributed by atoms with E-state index in [0.29, 0.717) is 24.6 Å². The molecular weight excluding hydrogens is 284 g/mol. The molecule has 0 aromatic heterocycles. The second kappa shape index (κ2) is 9.50. The first-order valence-corrected chi connectivity index (χ1v) is 7.09. The molecule has 1 rings (SSSR count). The second-order valence-electron chi connectivity index (χ2n) is 4.85. The van der Waals surface area contributed by atoms with Crippen LogP contribution in [0.4, 0.5) is 0 Å². The van der Waals surface area contributed by atoms with Gasteiger partial charge in [0.2, 0.25) is 0 Å². The molecule has 0 aliphatic rings. The van der Waals surface area contributed by atoms with Gasteiger partial charge in [-0.2, -0.15) is 0 Å². The van der Waals surface area contributed by atoms with Crippen LogP contribution < -0.4 is 0 Å². The zero-order valence-corrected chi connectivity index (χ0v) is 12.5. The Bertz CT molecular complexity index is 530. The van der Waals surface area contributed by atoms with Crippen LogP contribution in [0.15, 0.2) is 35.9 Å². The lowest BCUT2D eigenvalue weighted by Gasteiger charge is -2.13. The lowest BCUT2D eigenvalue weighted by atomic mass is 9.93. The van der Waals surface area contributed by atoms with Gasteiger partial charge in [-0.3, -0.25) is 9.59 Å². The standard InChI is InChI=1S/C17H20O5/c1-2-14(12-19)15(7-9-18)11-17(21)22-10-8-13-3-5-16(20)6-4-13/h2-6,9,12,15,20H,7-8,10-11H2,1H3/t15-/m1/s1. The van der Waals surface area contributed by atoms with Crippen molar-refractivity contribution in [1.82, 2.24) is 0 Å². The van der Waals surface area contributed by atoms with Gasteiger partial charge in [-0.05, 0) is 30.2 Å². The highest BCUT2D eigenvalue weighted by atomic mass is 16.5. The summed E-state index contributed by atoms with van der Waals surface area (Å²) >= 11 is 0. The minimum atomic E-state index is -0.438. The number of benzene rings is 1. The summed E-state index contributed by atoms with van der Waals surface area (Å²) in [6.07, 6.45) is 3.62. The van der Waals surface area contributed by atoms with E-state index in [9.17, 15) is 19.5 Å². The van der Waals surface area contributed by atoms with Crippen LogP contribution in [-0.4, -0.2) is 30.3 Å². The van der Waals surface area contributed by atoms with Crippen molar-refractivity contribution in [3.05, 3.63) is 41.5 Å². The maximum absolute atomic E-state index is 11.8. The fourth-order valence-electron chi connectivity index (χ4n) is 2.06. The molecule has 0 radical (unpaired) electrons. The van der Waals surface area contributed by atoms with Crippen LogP contribution in [0.3, 0.4) is 0 Å². The summed E-state index contributed by atoms with van der Waals surface area (Å²) in [4.78, 5) is 33.3. The van der Waals surface area contributed by atoms with E-state index in [2.05, 4.69) is 0 Å². The second-order valence-corrected chi connectivity index (χ2v) is 4.85. The third kappa shape index (κ3) is 5.91. The number of ether oxygens (including phenoxy) is 1. The average Bonchev–Trinajstić information content (AvgIpc) is 2.50. The summed E-state index contributed by atoms with van der Waals surface area (Å²) in [5.74, 6) is -0.682. The molecule has 0 amide bonds. The Morgan fingerprint density at radius 2 is 1.95 bits per heavy atom. The smallest absolute Gasteiger partial charge is 0.306 e. The molecule has 0 spiro atoms. The molecule has 0 fully saturated rings. The predicted octanol–water partition coefficient (Wildman–Crippen LogP) is 2.22. The molecule has 5 heteroatoms. The van der Waals surface area contributed by atoms with Crippen molar-refractivity contribution in [2.24, 2.45) is 5.92 Å². The molecule has 1 aromatic rings. The Balaban J connectivity index is 2.45. The normalized spacial score (nSPS) is 12.5. The van der Waals surface area contributed by atoms with Crippen molar-refractivity contribution in [2.75, 3.05) is 6.61 Å². The summed E-state index contributed by atoms with van der Waals surface area (Å²) in [5.41, 5.74) is 1.37. The van der Waals surface area contributed by atoms with Gasteiger partial charge in [0, 0.05) is 18.8 Å². The molecule has 5 nitrogen and oxygen atoms in total. The Morgan fingerprint density at radius 1 is 1.27 bits per heavy atom.